The Morgan fingerprint density at radius 1 is 0.390 bits per heavy atom. The van der Waals surface area contributed by atoms with Crippen LogP contribution in [0.25, 0.3) is 5.69 Å². The highest BCUT2D eigenvalue weighted by Crippen LogP contribution is 2.24. The van der Waals surface area contributed by atoms with E-state index in [0.29, 0.717) is 24.8 Å². The third-order valence-electron chi connectivity index (χ3n) is 19.5. The standard InChI is InChI=1S/C23H30N2O.C22H24N2O.C21H26N2O2.C21H22N2O/c1-17-5-7-21(14-18(17)2)23(26)15-20-6-8-22(19(3)13-20)16-25-11-9-24(4)10-12-25;1-15-5-7-20(10-16(15)2)22(25)11-19-6-8-21(17(3)9-19)13-24-12-18(4)23-14-24;1-15-4-7-20(13-16(15)2)22-21(24)18-5-6-19(17(3)12-18)14-23-8-10-25-11-9-23;1-14-7-18(10-20(8-14)23-12-17(4)22-13-23)11-21(24)19-6-5-15(2)16(3)9-19/h5-8,13-14H,9-12,15-16H2,1-4H3;5-10,12,14H,11,13H2,1-4H3;4-7,12-13H,8-11,14H2,1-3H3,(H,22,24);5-10,12-13H,11H2,1-4H3. The number of rotatable bonds is 18. The molecule has 0 bridgehead atoms. The number of imidazole rings is 2. The molecule has 12 rings (SSSR count). The second-order valence-electron chi connectivity index (χ2n) is 27.9. The summed E-state index contributed by atoms with van der Waals surface area (Å²) in [6.07, 6.45) is 9.00. The van der Waals surface area contributed by atoms with Crippen molar-refractivity contribution < 1.29 is 23.9 Å². The molecule has 0 spiro atoms. The van der Waals surface area contributed by atoms with Gasteiger partial charge in [-0.15, -0.1) is 0 Å². The SMILES string of the molecule is Cc1cc(CC(=O)c2ccc(C)c(C)c2)cc(-n2cnc(C)c2)c1.Cc1ccc(C(=O)Cc2ccc(CN3CCN(C)CC3)c(C)c2)cc1C.Cc1ccc(NC(=O)c2ccc(CN3CCOCC3)c(C)c2)cc1C.Cc1cn(Cc2ccc(CC(=O)c3ccc(C)c(C)c3)cc2C)cn1. The number of piperazine rings is 1. The number of anilines is 1. The maximum absolute atomic E-state index is 12.6. The lowest BCUT2D eigenvalue weighted by Crippen LogP contribution is -2.43. The molecule has 1 N–H and O–H groups in total. The van der Waals surface area contributed by atoms with Gasteiger partial charge < -0.3 is 24.1 Å². The minimum atomic E-state index is -0.0655. The number of Topliss-reactive ketones (excluding diaryl/α,β-unsaturated/α-hetero) is 3. The van der Waals surface area contributed by atoms with E-state index in [-0.39, 0.29) is 23.3 Å². The number of likely N-dealkylation sites (N-methyl/N-ethyl adjacent to an activating group) is 1. The molecule has 2 fully saturated rings. The molecule has 0 atom stereocenters. The predicted molar refractivity (Wildman–Crippen MR) is 407 cm³/mol. The zero-order valence-corrected chi connectivity index (χ0v) is 61.7. The topological polar surface area (TPSA) is 135 Å². The van der Waals surface area contributed by atoms with Crippen LogP contribution in [-0.4, -0.2) is 117 Å². The smallest absolute Gasteiger partial charge is 0.255 e. The first-order valence-electron chi connectivity index (χ1n) is 35.1. The maximum Gasteiger partial charge on any atom is 0.255 e. The number of hydrogen-bond acceptors (Lipinski definition) is 10. The average Bonchev–Trinajstić information content (AvgIpc) is 1.59. The van der Waals surface area contributed by atoms with E-state index in [0.717, 1.165) is 151 Å². The summed E-state index contributed by atoms with van der Waals surface area (Å²) in [5.41, 5.74) is 28.4. The molecule has 2 aliphatic heterocycles. The summed E-state index contributed by atoms with van der Waals surface area (Å²) < 4.78 is 9.47. The Morgan fingerprint density at radius 3 is 1.28 bits per heavy atom. The van der Waals surface area contributed by atoms with Gasteiger partial charge in [-0.25, -0.2) is 9.97 Å². The highest BCUT2D eigenvalue weighted by atomic mass is 16.5. The molecule has 0 unspecified atom stereocenters. The summed E-state index contributed by atoms with van der Waals surface area (Å²) in [7, 11) is 2.18. The molecule has 13 nitrogen and oxygen atoms in total. The molecule has 8 aromatic carbocycles. The Labute approximate surface area is 594 Å². The normalized spacial score (nSPS) is 13.3. The van der Waals surface area contributed by atoms with Crippen LogP contribution in [0.4, 0.5) is 5.69 Å². The number of benzene rings is 8. The number of amides is 1. The molecule has 0 radical (unpaired) electrons. The van der Waals surface area contributed by atoms with Gasteiger partial charge in [-0.05, 0) is 259 Å². The van der Waals surface area contributed by atoms with Gasteiger partial charge in [0.05, 0.1) is 37.3 Å². The first kappa shape index (κ1) is 74.7. The monoisotopic (exact) mass is 1340 g/mol. The zero-order chi connectivity index (χ0) is 71.7. The van der Waals surface area contributed by atoms with Gasteiger partial charge in [0.25, 0.3) is 5.91 Å². The molecule has 520 valence electrons. The van der Waals surface area contributed by atoms with Gasteiger partial charge in [-0.2, -0.15) is 0 Å². The number of aromatic nitrogens is 4. The lowest BCUT2D eigenvalue weighted by molar-refractivity contribution is 0.0341. The molecule has 10 aromatic rings. The Morgan fingerprint density at radius 2 is 0.820 bits per heavy atom. The summed E-state index contributed by atoms with van der Waals surface area (Å²) in [4.78, 5) is 66.1. The number of ether oxygens (including phenoxy) is 1. The van der Waals surface area contributed by atoms with Gasteiger partial charge in [0.2, 0.25) is 0 Å². The van der Waals surface area contributed by atoms with E-state index >= 15 is 0 Å². The van der Waals surface area contributed by atoms with Crippen molar-refractivity contribution in [2.24, 2.45) is 0 Å². The van der Waals surface area contributed by atoms with Gasteiger partial charge in [-0.1, -0.05) is 91.0 Å². The van der Waals surface area contributed by atoms with E-state index in [1.807, 2.05) is 136 Å². The number of nitrogens with zero attached hydrogens (tertiary/aromatic N) is 7. The van der Waals surface area contributed by atoms with Gasteiger partial charge in [-0.3, -0.25) is 29.0 Å². The molecule has 2 aromatic heterocycles. The number of ketones is 3. The van der Waals surface area contributed by atoms with Crippen LogP contribution in [0.1, 0.15) is 153 Å². The summed E-state index contributed by atoms with van der Waals surface area (Å²) in [5.74, 6) is 0.445. The van der Waals surface area contributed by atoms with Crippen molar-refractivity contribution >= 4 is 28.9 Å². The minimum Gasteiger partial charge on any atom is -0.379 e. The predicted octanol–water partition coefficient (Wildman–Crippen LogP) is 16.6. The van der Waals surface area contributed by atoms with Crippen LogP contribution in [0.3, 0.4) is 0 Å². The molecule has 2 saturated heterocycles. The number of carbonyl (C=O) groups excluding carboxylic acids is 4. The summed E-state index contributed by atoms with van der Waals surface area (Å²) >= 11 is 0. The fourth-order valence-corrected chi connectivity index (χ4v) is 12.4. The van der Waals surface area contributed by atoms with E-state index in [1.54, 1.807) is 6.33 Å². The third kappa shape index (κ3) is 21.5. The molecular formula is C87H102N8O5. The van der Waals surface area contributed by atoms with Crippen LogP contribution in [0, 0.1) is 96.9 Å². The van der Waals surface area contributed by atoms with Crippen LogP contribution < -0.4 is 5.32 Å². The number of morpholine rings is 1. The van der Waals surface area contributed by atoms with Crippen LogP contribution in [0.2, 0.25) is 0 Å². The van der Waals surface area contributed by atoms with Crippen molar-refractivity contribution in [1.29, 1.82) is 0 Å². The second kappa shape index (κ2) is 35.0. The van der Waals surface area contributed by atoms with Crippen molar-refractivity contribution in [3.05, 3.63) is 304 Å². The third-order valence-corrected chi connectivity index (χ3v) is 19.5. The number of carbonyl (C=O) groups is 4. The van der Waals surface area contributed by atoms with Gasteiger partial charge in [0.1, 0.15) is 0 Å². The molecule has 0 saturated carbocycles. The minimum absolute atomic E-state index is 0.0655. The Balaban J connectivity index is 0.000000156. The average molecular weight is 1340 g/mol. The number of nitrogens with one attached hydrogen (secondary N) is 1. The largest absolute Gasteiger partial charge is 0.379 e. The molecule has 2 aliphatic rings. The molecule has 0 aliphatic carbocycles. The van der Waals surface area contributed by atoms with Gasteiger partial charge in [0.15, 0.2) is 17.3 Å². The fraction of sp³-hybridized carbons (Fsp3) is 0.333. The molecule has 1 amide bonds. The second-order valence-corrected chi connectivity index (χ2v) is 27.9. The van der Waals surface area contributed by atoms with Crippen molar-refractivity contribution in [2.45, 2.75) is 136 Å². The summed E-state index contributed by atoms with van der Waals surface area (Å²) in [6, 6.07) is 48.8. The van der Waals surface area contributed by atoms with Crippen LogP contribution in [0.15, 0.2) is 171 Å². The van der Waals surface area contributed by atoms with E-state index in [4.69, 9.17) is 4.74 Å². The molecule has 100 heavy (non-hydrogen) atoms. The highest BCUT2D eigenvalue weighted by molar-refractivity contribution is 6.04. The summed E-state index contributed by atoms with van der Waals surface area (Å²) in [5, 5.41) is 2.99. The van der Waals surface area contributed by atoms with Crippen molar-refractivity contribution in [3.63, 3.8) is 0 Å². The van der Waals surface area contributed by atoms with Crippen molar-refractivity contribution in [3.8, 4) is 5.69 Å². The van der Waals surface area contributed by atoms with E-state index in [1.165, 1.54) is 61.2 Å². The van der Waals surface area contributed by atoms with Gasteiger partial charge >= 0.3 is 0 Å². The number of hydrogen-bond donors (Lipinski definition) is 1. The fourth-order valence-electron chi connectivity index (χ4n) is 12.4. The van der Waals surface area contributed by atoms with Crippen LogP contribution in [0.5, 0.6) is 0 Å². The Bertz CT molecular complexity index is 4520. The summed E-state index contributed by atoms with van der Waals surface area (Å²) in [6.45, 7) is 39.6. The van der Waals surface area contributed by atoms with Crippen molar-refractivity contribution in [1.82, 2.24) is 33.8 Å². The Kier molecular flexibility index (Phi) is 26.2. The van der Waals surface area contributed by atoms with E-state index in [9.17, 15) is 19.2 Å². The Hall–Kier alpha value is -9.50. The van der Waals surface area contributed by atoms with Crippen LogP contribution >= 0.6 is 0 Å². The maximum atomic E-state index is 12.6. The van der Waals surface area contributed by atoms with E-state index in [2.05, 4.69) is 172 Å². The first-order valence-corrected chi connectivity index (χ1v) is 35.1. The van der Waals surface area contributed by atoms with Crippen molar-refractivity contribution in [2.75, 3.05) is 64.8 Å². The number of aryl methyl sites for hydroxylation is 14. The van der Waals surface area contributed by atoms with Gasteiger partial charge in [0, 0.05) is 124 Å². The zero-order valence-electron chi connectivity index (χ0n) is 61.7. The van der Waals surface area contributed by atoms with Crippen LogP contribution in [-0.2, 0) is 43.6 Å². The lowest BCUT2D eigenvalue weighted by atomic mass is 9.97. The molecule has 4 heterocycles. The molecular weight excluding hydrogens is 1240 g/mol. The quantitative estimate of drug-likeness (QED) is 0.0827. The lowest BCUT2D eigenvalue weighted by Gasteiger charge is -2.32. The highest BCUT2D eigenvalue weighted by Gasteiger charge is 2.19. The molecule has 13 heteroatoms. The first-order chi connectivity index (χ1) is 47.8. The van der Waals surface area contributed by atoms with E-state index < -0.39 is 0 Å².